The summed E-state index contributed by atoms with van der Waals surface area (Å²) in [6.07, 6.45) is 1.95. The molecule has 0 radical (unpaired) electrons. The summed E-state index contributed by atoms with van der Waals surface area (Å²) in [6, 6.07) is 15.2. The number of fused-ring (bicyclic) bond motifs is 1. The standard InChI is InChI=1S/C26H29N5O4/c27-13-21(30-25(32)24-14-29-16-34-24)11-17-1-3-19(4-2-17)20-5-6-23-22(12-20)31(26(33)35-23)15-18-7-9-28-10-8-18/h1-6,12,18,21,24,28-29H,7-11,14-16H2,(H,30,32)/t21-,24-/m0/s1. The second-order valence-corrected chi connectivity index (χ2v) is 9.20. The third kappa shape index (κ3) is 5.30. The molecule has 2 aromatic carbocycles. The highest BCUT2D eigenvalue weighted by molar-refractivity contribution is 5.82. The molecule has 0 bridgehead atoms. The average Bonchev–Trinajstić information content (AvgIpc) is 3.53. The van der Waals surface area contributed by atoms with Crippen LogP contribution in [0.25, 0.3) is 22.2 Å². The number of hydrogen-bond donors (Lipinski definition) is 3. The predicted molar refractivity (Wildman–Crippen MR) is 130 cm³/mol. The van der Waals surface area contributed by atoms with Crippen LogP contribution in [0, 0.1) is 17.2 Å². The first-order chi connectivity index (χ1) is 17.1. The first-order valence-electron chi connectivity index (χ1n) is 12.1. The Kier molecular flexibility index (Phi) is 6.95. The minimum atomic E-state index is -0.635. The van der Waals surface area contributed by atoms with Gasteiger partial charge in [0.05, 0.1) is 18.3 Å². The molecule has 2 aliphatic rings. The van der Waals surface area contributed by atoms with Crippen molar-refractivity contribution < 1.29 is 13.9 Å². The Hall–Kier alpha value is -3.45. The van der Waals surface area contributed by atoms with E-state index in [4.69, 9.17) is 9.15 Å². The fourth-order valence-electron chi connectivity index (χ4n) is 4.78. The maximum atomic E-state index is 12.5. The molecule has 1 amide bonds. The smallest absolute Gasteiger partial charge is 0.408 e. The van der Waals surface area contributed by atoms with Crippen LogP contribution in [0.3, 0.4) is 0 Å². The first-order valence-corrected chi connectivity index (χ1v) is 12.1. The number of amides is 1. The molecule has 0 unspecified atom stereocenters. The van der Waals surface area contributed by atoms with Gasteiger partial charge in [0.2, 0.25) is 0 Å². The van der Waals surface area contributed by atoms with Crippen LogP contribution in [0.5, 0.6) is 0 Å². The number of carbonyl (C=O) groups is 1. The van der Waals surface area contributed by atoms with E-state index in [1.54, 1.807) is 4.57 Å². The molecular weight excluding hydrogens is 446 g/mol. The van der Waals surface area contributed by atoms with Gasteiger partial charge in [-0.05, 0) is 60.7 Å². The van der Waals surface area contributed by atoms with Crippen LogP contribution >= 0.6 is 0 Å². The SMILES string of the molecule is N#C[C@H](Cc1ccc(-c2ccc3oc(=O)n(CC4CCNCC4)c3c2)cc1)NC(=O)[C@@H]1CNCO1. The Morgan fingerprint density at radius 1 is 1.14 bits per heavy atom. The largest absolute Gasteiger partial charge is 0.419 e. The van der Waals surface area contributed by atoms with Gasteiger partial charge in [-0.2, -0.15) is 5.26 Å². The second kappa shape index (κ2) is 10.4. The van der Waals surface area contributed by atoms with Crippen molar-refractivity contribution >= 4 is 17.0 Å². The number of nitrogens with zero attached hydrogens (tertiary/aromatic N) is 2. The van der Waals surface area contributed by atoms with E-state index in [0.717, 1.165) is 48.1 Å². The third-order valence-electron chi connectivity index (χ3n) is 6.78. The van der Waals surface area contributed by atoms with Crippen molar-refractivity contribution in [1.29, 1.82) is 5.26 Å². The lowest BCUT2D eigenvalue weighted by molar-refractivity contribution is -0.129. The van der Waals surface area contributed by atoms with Crippen LogP contribution in [-0.2, 0) is 22.5 Å². The van der Waals surface area contributed by atoms with Crippen molar-refractivity contribution in [2.45, 2.75) is 38.0 Å². The summed E-state index contributed by atoms with van der Waals surface area (Å²) < 4.78 is 12.5. The number of hydrogen-bond acceptors (Lipinski definition) is 7. The van der Waals surface area contributed by atoms with Crippen molar-refractivity contribution in [3.63, 3.8) is 0 Å². The normalized spacial score (nSPS) is 19.5. The summed E-state index contributed by atoms with van der Waals surface area (Å²) in [5, 5.41) is 18.6. The van der Waals surface area contributed by atoms with Crippen molar-refractivity contribution in [2.24, 2.45) is 5.92 Å². The lowest BCUT2D eigenvalue weighted by Gasteiger charge is -2.22. The molecule has 0 saturated carbocycles. The Morgan fingerprint density at radius 2 is 1.91 bits per heavy atom. The Labute approximate surface area is 203 Å². The minimum absolute atomic E-state index is 0.276. The number of benzene rings is 2. The highest BCUT2D eigenvalue weighted by Gasteiger charge is 2.25. The van der Waals surface area contributed by atoms with E-state index in [0.29, 0.717) is 37.7 Å². The van der Waals surface area contributed by atoms with E-state index in [9.17, 15) is 14.9 Å². The van der Waals surface area contributed by atoms with Crippen LogP contribution in [0.4, 0.5) is 0 Å². The molecule has 35 heavy (non-hydrogen) atoms. The van der Waals surface area contributed by atoms with E-state index in [2.05, 4.69) is 22.0 Å². The van der Waals surface area contributed by atoms with Crippen molar-refractivity contribution in [3.05, 3.63) is 58.6 Å². The summed E-state index contributed by atoms with van der Waals surface area (Å²) in [5.41, 5.74) is 4.34. The number of nitrogens with one attached hydrogen (secondary N) is 3. The highest BCUT2D eigenvalue weighted by atomic mass is 16.5. The van der Waals surface area contributed by atoms with Gasteiger partial charge in [0.1, 0.15) is 12.1 Å². The number of oxazole rings is 1. The summed E-state index contributed by atoms with van der Waals surface area (Å²) in [7, 11) is 0. The molecule has 9 nitrogen and oxygen atoms in total. The third-order valence-corrected chi connectivity index (χ3v) is 6.78. The van der Waals surface area contributed by atoms with Crippen LogP contribution in [0.2, 0.25) is 0 Å². The van der Waals surface area contributed by atoms with Gasteiger partial charge in [-0.1, -0.05) is 30.3 Å². The molecular formula is C26H29N5O4. The number of aromatic nitrogens is 1. The lowest BCUT2D eigenvalue weighted by Crippen LogP contribution is -2.43. The van der Waals surface area contributed by atoms with Gasteiger partial charge in [0, 0.05) is 19.5 Å². The molecule has 0 aliphatic carbocycles. The predicted octanol–water partition coefficient (Wildman–Crippen LogP) is 1.76. The fraction of sp³-hybridized carbons (Fsp3) is 0.423. The molecule has 2 atom stereocenters. The lowest BCUT2D eigenvalue weighted by atomic mass is 9.98. The molecule has 182 valence electrons. The summed E-state index contributed by atoms with van der Waals surface area (Å²) in [4.78, 5) is 24.8. The summed E-state index contributed by atoms with van der Waals surface area (Å²) in [5.74, 6) is -0.126. The van der Waals surface area contributed by atoms with Crippen LogP contribution in [0.1, 0.15) is 18.4 Å². The van der Waals surface area contributed by atoms with Crippen molar-refractivity contribution in [3.8, 4) is 17.2 Å². The van der Waals surface area contributed by atoms with E-state index in [1.807, 2.05) is 42.5 Å². The van der Waals surface area contributed by atoms with Crippen LogP contribution in [0.15, 0.2) is 51.7 Å². The molecule has 3 N–H and O–H groups in total. The number of carbonyl (C=O) groups excluding carboxylic acids is 1. The number of rotatable bonds is 7. The molecule has 3 heterocycles. The van der Waals surface area contributed by atoms with Gasteiger partial charge >= 0.3 is 5.76 Å². The quantitative estimate of drug-likeness (QED) is 0.476. The van der Waals surface area contributed by atoms with Crippen molar-refractivity contribution in [1.82, 2.24) is 20.5 Å². The maximum absolute atomic E-state index is 12.5. The Balaban J connectivity index is 1.30. The molecule has 9 heteroatoms. The minimum Gasteiger partial charge on any atom is -0.408 e. The van der Waals surface area contributed by atoms with Crippen LogP contribution in [-0.4, -0.2) is 49.0 Å². The van der Waals surface area contributed by atoms with Crippen LogP contribution < -0.4 is 21.7 Å². The molecule has 5 rings (SSSR count). The molecule has 2 aliphatic heterocycles. The monoisotopic (exact) mass is 475 g/mol. The fourth-order valence-corrected chi connectivity index (χ4v) is 4.78. The van der Waals surface area contributed by atoms with E-state index in [1.165, 1.54) is 0 Å². The van der Waals surface area contributed by atoms with Gasteiger partial charge in [-0.3, -0.25) is 14.7 Å². The molecule has 0 spiro atoms. The number of ether oxygens (including phenoxy) is 1. The zero-order valence-corrected chi connectivity index (χ0v) is 19.5. The Morgan fingerprint density at radius 3 is 2.63 bits per heavy atom. The number of nitriles is 1. The average molecular weight is 476 g/mol. The summed E-state index contributed by atoms with van der Waals surface area (Å²) >= 11 is 0. The zero-order valence-electron chi connectivity index (χ0n) is 19.5. The molecule has 2 fully saturated rings. The summed E-state index contributed by atoms with van der Waals surface area (Å²) in [6.45, 7) is 3.42. The van der Waals surface area contributed by atoms with E-state index < -0.39 is 12.1 Å². The highest BCUT2D eigenvalue weighted by Crippen LogP contribution is 2.26. The maximum Gasteiger partial charge on any atom is 0.419 e. The van der Waals surface area contributed by atoms with Gasteiger partial charge in [0.25, 0.3) is 5.91 Å². The number of piperidine rings is 1. The molecule has 2 saturated heterocycles. The Bertz CT molecular complexity index is 1280. The topological polar surface area (TPSA) is 121 Å². The first kappa shape index (κ1) is 23.3. The second-order valence-electron chi connectivity index (χ2n) is 9.20. The molecule has 1 aromatic heterocycles. The van der Waals surface area contributed by atoms with Gasteiger partial charge in [-0.25, -0.2) is 4.79 Å². The van der Waals surface area contributed by atoms with Crippen molar-refractivity contribution in [2.75, 3.05) is 26.4 Å². The van der Waals surface area contributed by atoms with Gasteiger partial charge in [0.15, 0.2) is 5.58 Å². The van der Waals surface area contributed by atoms with E-state index >= 15 is 0 Å². The molecule has 3 aromatic rings. The van der Waals surface area contributed by atoms with E-state index in [-0.39, 0.29) is 11.7 Å². The zero-order chi connectivity index (χ0) is 24.2. The van der Waals surface area contributed by atoms with Gasteiger partial charge < -0.3 is 19.8 Å². The van der Waals surface area contributed by atoms with Gasteiger partial charge in [-0.15, -0.1) is 0 Å².